The first-order valence-electron chi connectivity index (χ1n) is 3.72. The van der Waals surface area contributed by atoms with Crippen molar-refractivity contribution in [2.24, 2.45) is 0 Å². The molecule has 1 aromatic heterocycles. The molecule has 62 valence electrons. The number of rotatable bonds is 3. The predicted octanol–water partition coefficient (Wildman–Crippen LogP) is 1.11. The quantitative estimate of drug-likeness (QED) is 0.676. The van der Waals surface area contributed by atoms with Crippen LogP contribution in [0.2, 0.25) is 0 Å². The van der Waals surface area contributed by atoms with E-state index in [4.69, 9.17) is 5.26 Å². The van der Waals surface area contributed by atoms with Crippen molar-refractivity contribution in [3.05, 3.63) is 18.0 Å². The Balaban J connectivity index is 2.43. The van der Waals surface area contributed by atoms with Crippen molar-refractivity contribution in [2.45, 2.75) is 13.3 Å². The minimum atomic E-state index is 0.469. The van der Waals surface area contributed by atoms with Crippen LogP contribution in [0.15, 0.2) is 12.4 Å². The van der Waals surface area contributed by atoms with Crippen molar-refractivity contribution in [1.29, 1.82) is 5.26 Å². The molecule has 4 heteroatoms. The second-order valence-corrected chi connectivity index (χ2v) is 2.42. The molecular formula is C8H10N4. The molecule has 0 atom stereocenters. The van der Waals surface area contributed by atoms with Crippen molar-refractivity contribution in [3.8, 4) is 6.07 Å². The topological polar surface area (TPSA) is 61.6 Å². The molecule has 1 rings (SSSR count). The summed E-state index contributed by atoms with van der Waals surface area (Å²) in [6.45, 7) is 2.53. The number of nitrogens with one attached hydrogen (secondary N) is 1. The number of nitriles is 1. The number of hydrogen-bond donors (Lipinski definition) is 1. The first-order valence-corrected chi connectivity index (χ1v) is 3.72. The van der Waals surface area contributed by atoms with Gasteiger partial charge in [0.1, 0.15) is 0 Å². The first kappa shape index (κ1) is 8.47. The van der Waals surface area contributed by atoms with Crippen LogP contribution in [-0.2, 0) is 0 Å². The van der Waals surface area contributed by atoms with E-state index < -0.39 is 0 Å². The summed E-state index contributed by atoms with van der Waals surface area (Å²) in [5.74, 6) is 0.579. The third kappa shape index (κ3) is 2.54. The molecule has 1 heterocycles. The van der Waals surface area contributed by atoms with Gasteiger partial charge < -0.3 is 5.32 Å². The zero-order valence-electron chi connectivity index (χ0n) is 6.91. The van der Waals surface area contributed by atoms with E-state index in [0.717, 1.165) is 5.56 Å². The molecule has 0 aromatic carbocycles. The molecule has 0 aliphatic heterocycles. The second-order valence-electron chi connectivity index (χ2n) is 2.42. The number of anilines is 1. The van der Waals surface area contributed by atoms with Gasteiger partial charge in [-0.2, -0.15) is 5.26 Å². The lowest BCUT2D eigenvalue weighted by Gasteiger charge is -2.00. The third-order valence-corrected chi connectivity index (χ3v) is 1.30. The Morgan fingerprint density at radius 2 is 2.17 bits per heavy atom. The first-order chi connectivity index (χ1) is 5.83. The van der Waals surface area contributed by atoms with Gasteiger partial charge >= 0.3 is 0 Å². The van der Waals surface area contributed by atoms with Gasteiger partial charge in [0.2, 0.25) is 5.95 Å². The van der Waals surface area contributed by atoms with Crippen LogP contribution in [0.3, 0.4) is 0 Å². The molecule has 0 spiro atoms. The Kier molecular flexibility index (Phi) is 3.03. The summed E-state index contributed by atoms with van der Waals surface area (Å²) in [5.41, 5.74) is 1.03. The summed E-state index contributed by atoms with van der Waals surface area (Å²) in [6.07, 6.45) is 3.95. The molecule has 0 aliphatic rings. The lowest BCUT2D eigenvalue weighted by molar-refractivity contribution is 1.01. The van der Waals surface area contributed by atoms with Crippen LogP contribution in [0.4, 0.5) is 5.95 Å². The van der Waals surface area contributed by atoms with E-state index in [9.17, 15) is 0 Å². The summed E-state index contributed by atoms with van der Waals surface area (Å²) in [4.78, 5) is 8.04. The molecule has 1 aromatic rings. The van der Waals surface area contributed by atoms with Crippen molar-refractivity contribution in [3.63, 3.8) is 0 Å². The summed E-state index contributed by atoms with van der Waals surface area (Å²) < 4.78 is 0. The molecule has 0 amide bonds. The predicted molar refractivity (Wildman–Crippen MR) is 45.5 cm³/mol. The maximum atomic E-state index is 8.26. The van der Waals surface area contributed by atoms with Gasteiger partial charge in [0, 0.05) is 18.9 Å². The Morgan fingerprint density at radius 3 is 2.75 bits per heavy atom. The van der Waals surface area contributed by atoms with Crippen molar-refractivity contribution in [2.75, 3.05) is 11.9 Å². The summed E-state index contributed by atoms with van der Waals surface area (Å²) >= 11 is 0. The van der Waals surface area contributed by atoms with E-state index in [-0.39, 0.29) is 0 Å². The number of nitrogens with zero attached hydrogens (tertiary/aromatic N) is 3. The fraction of sp³-hybridized carbons (Fsp3) is 0.375. The molecule has 0 fully saturated rings. The minimum Gasteiger partial charge on any atom is -0.353 e. The summed E-state index contributed by atoms with van der Waals surface area (Å²) in [6, 6.07) is 2.03. The van der Waals surface area contributed by atoms with E-state index in [1.165, 1.54) is 0 Å². The fourth-order valence-corrected chi connectivity index (χ4v) is 0.714. The lowest BCUT2D eigenvalue weighted by atomic mass is 10.4. The SMILES string of the molecule is Cc1cnc(NCCC#N)nc1. The van der Waals surface area contributed by atoms with Crippen LogP contribution < -0.4 is 5.32 Å². The molecule has 1 N–H and O–H groups in total. The second kappa shape index (κ2) is 4.29. The van der Waals surface area contributed by atoms with Crippen LogP contribution in [0.25, 0.3) is 0 Å². The van der Waals surface area contributed by atoms with E-state index in [1.807, 2.05) is 13.0 Å². The van der Waals surface area contributed by atoms with Crippen molar-refractivity contribution < 1.29 is 0 Å². The van der Waals surface area contributed by atoms with Crippen LogP contribution >= 0.6 is 0 Å². The number of aromatic nitrogens is 2. The zero-order valence-corrected chi connectivity index (χ0v) is 6.91. The largest absolute Gasteiger partial charge is 0.353 e. The monoisotopic (exact) mass is 162 g/mol. The highest BCUT2D eigenvalue weighted by Crippen LogP contribution is 1.97. The molecule has 0 bridgehead atoms. The molecule has 0 aliphatic carbocycles. The van der Waals surface area contributed by atoms with Gasteiger partial charge in [-0.3, -0.25) is 0 Å². The molecule has 4 nitrogen and oxygen atoms in total. The maximum absolute atomic E-state index is 8.26. The molecular weight excluding hydrogens is 152 g/mol. The summed E-state index contributed by atoms with van der Waals surface area (Å²) in [5, 5.41) is 11.2. The fourth-order valence-electron chi connectivity index (χ4n) is 0.714. The van der Waals surface area contributed by atoms with Gasteiger partial charge in [0.15, 0.2) is 0 Å². The highest BCUT2D eigenvalue weighted by atomic mass is 15.1. The number of hydrogen-bond acceptors (Lipinski definition) is 4. The Hall–Kier alpha value is -1.63. The van der Waals surface area contributed by atoms with Gasteiger partial charge in [-0.1, -0.05) is 0 Å². The molecule has 0 radical (unpaired) electrons. The van der Waals surface area contributed by atoms with Crippen LogP contribution in [0.5, 0.6) is 0 Å². The molecule has 0 saturated carbocycles. The van der Waals surface area contributed by atoms with Crippen LogP contribution in [0, 0.1) is 18.3 Å². The van der Waals surface area contributed by atoms with E-state index in [1.54, 1.807) is 12.4 Å². The lowest BCUT2D eigenvalue weighted by Crippen LogP contribution is -2.04. The zero-order chi connectivity index (χ0) is 8.81. The van der Waals surface area contributed by atoms with Crippen molar-refractivity contribution in [1.82, 2.24) is 9.97 Å². The van der Waals surface area contributed by atoms with E-state index in [0.29, 0.717) is 18.9 Å². The van der Waals surface area contributed by atoms with Crippen LogP contribution in [-0.4, -0.2) is 16.5 Å². The Morgan fingerprint density at radius 1 is 1.50 bits per heavy atom. The van der Waals surface area contributed by atoms with Gasteiger partial charge in [-0.25, -0.2) is 9.97 Å². The van der Waals surface area contributed by atoms with Gasteiger partial charge in [0.25, 0.3) is 0 Å². The molecule has 0 saturated heterocycles. The van der Waals surface area contributed by atoms with E-state index in [2.05, 4.69) is 15.3 Å². The van der Waals surface area contributed by atoms with Gasteiger partial charge in [-0.05, 0) is 12.5 Å². The van der Waals surface area contributed by atoms with Crippen molar-refractivity contribution >= 4 is 5.95 Å². The highest BCUT2D eigenvalue weighted by molar-refractivity contribution is 5.24. The Labute approximate surface area is 71.3 Å². The normalized spacial score (nSPS) is 9.00. The average molecular weight is 162 g/mol. The van der Waals surface area contributed by atoms with Gasteiger partial charge in [0.05, 0.1) is 12.5 Å². The average Bonchev–Trinajstić information content (AvgIpc) is 2.09. The summed E-state index contributed by atoms with van der Waals surface area (Å²) in [7, 11) is 0. The third-order valence-electron chi connectivity index (χ3n) is 1.30. The molecule has 12 heavy (non-hydrogen) atoms. The number of aryl methyl sites for hydroxylation is 1. The maximum Gasteiger partial charge on any atom is 0.222 e. The Bertz CT molecular complexity index is 272. The highest BCUT2D eigenvalue weighted by Gasteiger charge is 1.92. The smallest absolute Gasteiger partial charge is 0.222 e. The van der Waals surface area contributed by atoms with Gasteiger partial charge in [-0.15, -0.1) is 0 Å². The van der Waals surface area contributed by atoms with E-state index >= 15 is 0 Å². The van der Waals surface area contributed by atoms with Crippen LogP contribution in [0.1, 0.15) is 12.0 Å². The molecule has 0 unspecified atom stereocenters. The standard InChI is InChI=1S/C8H10N4/c1-7-5-11-8(12-6-7)10-4-2-3-9/h5-6H,2,4H2,1H3,(H,10,11,12). The minimum absolute atomic E-state index is 0.469.